The molecule has 5 heteroatoms. The minimum atomic E-state index is 0.542. The summed E-state index contributed by atoms with van der Waals surface area (Å²) < 4.78 is 5.81. The fourth-order valence-corrected chi connectivity index (χ4v) is 2.00. The third-order valence-electron chi connectivity index (χ3n) is 2.67. The van der Waals surface area contributed by atoms with E-state index in [1.165, 1.54) is 0 Å². The number of nitrogens with one attached hydrogen (secondary N) is 1. The van der Waals surface area contributed by atoms with Crippen molar-refractivity contribution in [3.8, 4) is 0 Å². The third-order valence-corrected chi connectivity index (χ3v) is 3.13. The standard InChI is InChI=1S/C13H14N2OS2/c1-8-5-10(13(17)18)12(6-11(8)14)15-7-9-3-2-4-16-9/h2-6,15H,7,14H2,1H3,(H,17,18). The van der Waals surface area contributed by atoms with Gasteiger partial charge in [0.1, 0.15) is 5.76 Å². The Morgan fingerprint density at radius 1 is 1.50 bits per heavy atom. The molecule has 0 saturated heterocycles. The lowest BCUT2D eigenvalue weighted by molar-refractivity contribution is 0.518. The summed E-state index contributed by atoms with van der Waals surface area (Å²) in [6.07, 6.45) is 1.64. The minimum Gasteiger partial charge on any atom is -0.467 e. The van der Waals surface area contributed by atoms with Crippen molar-refractivity contribution in [1.82, 2.24) is 0 Å². The molecule has 0 saturated carbocycles. The molecule has 0 fully saturated rings. The van der Waals surface area contributed by atoms with Crippen molar-refractivity contribution < 1.29 is 4.42 Å². The van der Waals surface area contributed by atoms with E-state index in [0.717, 1.165) is 28.3 Å². The average molecular weight is 278 g/mol. The van der Waals surface area contributed by atoms with Crippen LogP contribution in [0.3, 0.4) is 0 Å². The summed E-state index contributed by atoms with van der Waals surface area (Å²) in [5, 5.41) is 3.25. The second-order valence-electron chi connectivity index (χ2n) is 3.99. The maximum absolute atomic E-state index is 5.91. The van der Waals surface area contributed by atoms with Crippen molar-refractivity contribution in [3.05, 3.63) is 47.4 Å². The molecule has 0 aliphatic rings. The van der Waals surface area contributed by atoms with Gasteiger partial charge in [0.2, 0.25) is 0 Å². The first kappa shape index (κ1) is 13.0. The predicted octanol–water partition coefficient (Wildman–Crippen LogP) is 3.39. The highest BCUT2D eigenvalue weighted by atomic mass is 32.1. The number of hydrogen-bond acceptors (Lipinski definition) is 4. The average Bonchev–Trinajstić information content (AvgIpc) is 2.83. The number of benzene rings is 1. The zero-order chi connectivity index (χ0) is 13.1. The van der Waals surface area contributed by atoms with Gasteiger partial charge in [-0.2, -0.15) is 0 Å². The van der Waals surface area contributed by atoms with E-state index < -0.39 is 0 Å². The molecule has 18 heavy (non-hydrogen) atoms. The topological polar surface area (TPSA) is 51.2 Å². The molecule has 0 bridgehead atoms. The molecule has 2 aromatic rings. The Morgan fingerprint density at radius 2 is 2.28 bits per heavy atom. The molecule has 0 aliphatic carbocycles. The van der Waals surface area contributed by atoms with Crippen LogP contribution in [-0.4, -0.2) is 4.20 Å². The molecule has 0 aliphatic heterocycles. The van der Waals surface area contributed by atoms with Gasteiger partial charge in [0, 0.05) is 16.9 Å². The molecule has 2 rings (SSSR count). The Hall–Kier alpha value is -1.46. The molecule has 3 nitrogen and oxygen atoms in total. The molecular weight excluding hydrogens is 264 g/mol. The van der Waals surface area contributed by atoms with Crippen molar-refractivity contribution in [3.63, 3.8) is 0 Å². The monoisotopic (exact) mass is 278 g/mol. The molecule has 1 aromatic carbocycles. The van der Waals surface area contributed by atoms with Gasteiger partial charge in [-0.05, 0) is 36.8 Å². The molecule has 0 amide bonds. The smallest absolute Gasteiger partial charge is 0.122 e. The molecule has 1 aromatic heterocycles. The maximum Gasteiger partial charge on any atom is 0.122 e. The van der Waals surface area contributed by atoms with Crippen LogP contribution in [0.5, 0.6) is 0 Å². The Bertz CT molecular complexity index is 565. The van der Waals surface area contributed by atoms with E-state index in [0.29, 0.717) is 10.7 Å². The summed E-state index contributed by atoms with van der Waals surface area (Å²) >= 11 is 9.36. The van der Waals surface area contributed by atoms with Gasteiger partial charge in [-0.15, -0.1) is 12.6 Å². The van der Waals surface area contributed by atoms with E-state index in [-0.39, 0.29) is 0 Å². The largest absolute Gasteiger partial charge is 0.467 e. The lowest BCUT2D eigenvalue weighted by Crippen LogP contribution is -2.05. The van der Waals surface area contributed by atoms with E-state index in [9.17, 15) is 0 Å². The van der Waals surface area contributed by atoms with Crippen molar-refractivity contribution in [2.75, 3.05) is 11.1 Å². The first-order valence-corrected chi connectivity index (χ1v) is 6.33. The fraction of sp³-hybridized carbons (Fsp3) is 0.154. The Balaban J connectivity index is 2.25. The summed E-state index contributed by atoms with van der Waals surface area (Å²) in [4.78, 5) is 0. The molecule has 0 unspecified atom stereocenters. The maximum atomic E-state index is 5.91. The zero-order valence-corrected chi connectivity index (χ0v) is 11.6. The SMILES string of the molecule is Cc1cc(C(=S)S)c(NCc2ccco2)cc1N. The van der Waals surface area contributed by atoms with Crippen LogP contribution in [0.25, 0.3) is 0 Å². The number of anilines is 2. The Labute approximate surface area is 117 Å². The molecule has 0 atom stereocenters. The third kappa shape index (κ3) is 2.86. The Morgan fingerprint density at radius 3 is 2.89 bits per heavy atom. The lowest BCUT2D eigenvalue weighted by atomic mass is 10.1. The number of thiol groups is 1. The first-order chi connectivity index (χ1) is 8.58. The molecule has 94 valence electrons. The predicted molar refractivity (Wildman–Crippen MR) is 82.3 cm³/mol. The van der Waals surface area contributed by atoms with Gasteiger partial charge in [0.05, 0.1) is 17.0 Å². The number of furan rings is 1. The van der Waals surface area contributed by atoms with Crippen LogP contribution < -0.4 is 11.1 Å². The number of thiocarbonyl (C=S) groups is 1. The molecule has 3 N–H and O–H groups in total. The number of nitrogens with two attached hydrogens (primary N) is 1. The Kier molecular flexibility index (Phi) is 3.93. The van der Waals surface area contributed by atoms with Gasteiger partial charge < -0.3 is 15.5 Å². The molecular formula is C13H14N2OS2. The minimum absolute atomic E-state index is 0.542. The van der Waals surface area contributed by atoms with Crippen LogP contribution in [0.1, 0.15) is 16.9 Å². The van der Waals surface area contributed by atoms with Crippen molar-refractivity contribution in [1.29, 1.82) is 0 Å². The van der Waals surface area contributed by atoms with Crippen LogP contribution in [0, 0.1) is 6.92 Å². The summed E-state index contributed by atoms with van der Waals surface area (Å²) in [5.74, 6) is 0.852. The van der Waals surface area contributed by atoms with Gasteiger partial charge in [0.25, 0.3) is 0 Å². The molecule has 0 radical (unpaired) electrons. The number of aryl methyl sites for hydroxylation is 1. The van der Waals surface area contributed by atoms with E-state index in [1.807, 2.05) is 31.2 Å². The fourth-order valence-electron chi connectivity index (χ4n) is 1.64. The molecule has 0 spiro atoms. The van der Waals surface area contributed by atoms with E-state index >= 15 is 0 Å². The van der Waals surface area contributed by atoms with Crippen LogP contribution in [0.4, 0.5) is 11.4 Å². The van der Waals surface area contributed by atoms with Gasteiger partial charge >= 0.3 is 0 Å². The highest BCUT2D eigenvalue weighted by molar-refractivity contribution is 8.11. The second-order valence-corrected chi connectivity index (χ2v) is 5.15. The van der Waals surface area contributed by atoms with Crippen molar-refractivity contribution in [2.45, 2.75) is 13.5 Å². The van der Waals surface area contributed by atoms with Crippen molar-refractivity contribution in [2.24, 2.45) is 0 Å². The second kappa shape index (κ2) is 5.46. The van der Waals surface area contributed by atoms with Gasteiger partial charge in [-0.3, -0.25) is 0 Å². The summed E-state index contributed by atoms with van der Waals surface area (Å²) in [5.41, 5.74) is 9.38. The highest BCUT2D eigenvalue weighted by Crippen LogP contribution is 2.25. The van der Waals surface area contributed by atoms with E-state index in [1.54, 1.807) is 6.26 Å². The van der Waals surface area contributed by atoms with Crippen LogP contribution in [0.15, 0.2) is 34.9 Å². The highest BCUT2D eigenvalue weighted by Gasteiger charge is 2.08. The molecule has 1 heterocycles. The zero-order valence-electron chi connectivity index (χ0n) is 9.93. The van der Waals surface area contributed by atoms with Gasteiger partial charge in [-0.1, -0.05) is 12.2 Å². The van der Waals surface area contributed by atoms with Crippen LogP contribution >= 0.6 is 24.8 Å². The van der Waals surface area contributed by atoms with E-state index in [4.69, 9.17) is 22.4 Å². The van der Waals surface area contributed by atoms with Crippen LogP contribution in [-0.2, 0) is 6.54 Å². The summed E-state index contributed by atoms with van der Waals surface area (Å²) in [6, 6.07) is 7.57. The van der Waals surface area contributed by atoms with E-state index in [2.05, 4.69) is 17.9 Å². The van der Waals surface area contributed by atoms with Gasteiger partial charge in [0.15, 0.2) is 0 Å². The summed E-state index contributed by atoms with van der Waals surface area (Å²) in [7, 11) is 0. The lowest BCUT2D eigenvalue weighted by Gasteiger charge is -2.13. The van der Waals surface area contributed by atoms with Crippen LogP contribution in [0.2, 0.25) is 0 Å². The first-order valence-electron chi connectivity index (χ1n) is 5.47. The quantitative estimate of drug-likeness (QED) is 0.456. The number of rotatable bonds is 4. The number of hydrogen-bond donors (Lipinski definition) is 3. The number of nitrogen functional groups attached to an aromatic ring is 1. The van der Waals surface area contributed by atoms with Crippen molar-refractivity contribution >= 4 is 40.4 Å². The normalized spacial score (nSPS) is 10.3. The summed E-state index contributed by atoms with van der Waals surface area (Å²) in [6.45, 7) is 2.53. The van der Waals surface area contributed by atoms with Gasteiger partial charge in [-0.25, -0.2) is 0 Å².